The number of hydrogen-bond acceptors (Lipinski definition) is 5. The number of hydrogen-bond donors (Lipinski definition) is 0. The van der Waals surface area contributed by atoms with Crippen LogP contribution >= 0.6 is 0 Å². The van der Waals surface area contributed by atoms with Gasteiger partial charge in [-0.1, -0.05) is 11.2 Å². The van der Waals surface area contributed by atoms with E-state index < -0.39 is 0 Å². The van der Waals surface area contributed by atoms with E-state index in [9.17, 15) is 4.79 Å². The molecule has 0 atom stereocenters. The lowest BCUT2D eigenvalue weighted by atomic mass is 10.1. The van der Waals surface area contributed by atoms with Gasteiger partial charge in [-0.2, -0.15) is 5.26 Å². The van der Waals surface area contributed by atoms with Crippen LogP contribution in [0.4, 0.5) is 0 Å². The third-order valence-electron chi connectivity index (χ3n) is 3.96. The van der Waals surface area contributed by atoms with E-state index in [0.29, 0.717) is 24.2 Å². The van der Waals surface area contributed by atoms with Crippen LogP contribution in [0.3, 0.4) is 0 Å². The molecule has 6 nitrogen and oxygen atoms in total. The average molecular weight is 310 g/mol. The second kappa shape index (κ2) is 6.63. The van der Waals surface area contributed by atoms with Crippen LogP contribution in [0, 0.1) is 18.3 Å². The summed E-state index contributed by atoms with van der Waals surface area (Å²) in [7, 11) is 0. The minimum atomic E-state index is -0.0148. The molecule has 1 aromatic heterocycles. The van der Waals surface area contributed by atoms with Crippen molar-refractivity contribution in [1.29, 1.82) is 5.26 Å². The molecule has 0 spiro atoms. The summed E-state index contributed by atoms with van der Waals surface area (Å²) in [5, 5.41) is 12.9. The highest BCUT2D eigenvalue weighted by molar-refractivity contribution is 5.94. The molecule has 0 aliphatic carbocycles. The van der Waals surface area contributed by atoms with E-state index in [1.165, 1.54) is 0 Å². The summed E-state index contributed by atoms with van der Waals surface area (Å²) >= 11 is 0. The summed E-state index contributed by atoms with van der Waals surface area (Å²) in [6.45, 7) is 5.57. The second-order valence-electron chi connectivity index (χ2n) is 5.69. The summed E-state index contributed by atoms with van der Waals surface area (Å²) in [5.74, 6) is 0.796. The van der Waals surface area contributed by atoms with E-state index in [1.807, 2.05) is 17.9 Å². The van der Waals surface area contributed by atoms with Gasteiger partial charge < -0.3 is 9.42 Å². The van der Waals surface area contributed by atoms with Gasteiger partial charge >= 0.3 is 0 Å². The Hall–Kier alpha value is -2.65. The van der Waals surface area contributed by atoms with E-state index in [2.05, 4.69) is 16.1 Å². The summed E-state index contributed by atoms with van der Waals surface area (Å²) in [6.07, 6.45) is 0. The Morgan fingerprint density at radius 1 is 1.30 bits per heavy atom. The normalized spacial score (nSPS) is 15.4. The van der Waals surface area contributed by atoms with Crippen molar-refractivity contribution in [3.8, 4) is 6.07 Å². The predicted octanol–water partition coefficient (Wildman–Crippen LogP) is 1.81. The quantitative estimate of drug-likeness (QED) is 0.864. The molecule has 0 saturated carbocycles. The lowest BCUT2D eigenvalue weighted by Crippen LogP contribution is -2.48. The first-order valence-electron chi connectivity index (χ1n) is 7.60. The minimum Gasteiger partial charge on any atom is -0.361 e. The predicted molar refractivity (Wildman–Crippen MR) is 83.6 cm³/mol. The van der Waals surface area contributed by atoms with Gasteiger partial charge in [0.1, 0.15) is 5.76 Å². The number of benzene rings is 1. The van der Waals surface area contributed by atoms with Gasteiger partial charge in [0.15, 0.2) is 0 Å². The highest BCUT2D eigenvalue weighted by Gasteiger charge is 2.22. The van der Waals surface area contributed by atoms with Crippen LogP contribution in [0.1, 0.15) is 27.4 Å². The van der Waals surface area contributed by atoms with Crippen molar-refractivity contribution in [2.75, 3.05) is 26.2 Å². The third-order valence-corrected chi connectivity index (χ3v) is 3.96. The van der Waals surface area contributed by atoms with Crippen molar-refractivity contribution >= 4 is 5.91 Å². The number of amides is 1. The molecular formula is C17H18N4O2. The van der Waals surface area contributed by atoms with Gasteiger partial charge in [-0.15, -0.1) is 0 Å². The molecule has 0 unspecified atom stereocenters. The Kier molecular flexibility index (Phi) is 4.40. The third kappa shape index (κ3) is 3.58. The highest BCUT2D eigenvalue weighted by atomic mass is 16.5. The van der Waals surface area contributed by atoms with Crippen LogP contribution in [0.2, 0.25) is 0 Å². The topological polar surface area (TPSA) is 73.4 Å². The molecule has 1 saturated heterocycles. The molecule has 1 aromatic carbocycles. The Morgan fingerprint density at radius 2 is 2.09 bits per heavy atom. The minimum absolute atomic E-state index is 0.0148. The van der Waals surface area contributed by atoms with Gasteiger partial charge in [-0.25, -0.2) is 0 Å². The zero-order valence-corrected chi connectivity index (χ0v) is 13.0. The lowest BCUT2D eigenvalue weighted by molar-refractivity contribution is 0.0625. The van der Waals surface area contributed by atoms with Crippen LogP contribution in [-0.4, -0.2) is 47.0 Å². The molecule has 23 heavy (non-hydrogen) atoms. The number of rotatable bonds is 3. The molecule has 3 rings (SSSR count). The van der Waals surface area contributed by atoms with Gasteiger partial charge in [0, 0.05) is 44.4 Å². The van der Waals surface area contributed by atoms with E-state index in [1.54, 1.807) is 24.3 Å². The summed E-state index contributed by atoms with van der Waals surface area (Å²) in [4.78, 5) is 16.6. The Morgan fingerprint density at radius 3 is 2.74 bits per heavy atom. The maximum atomic E-state index is 12.5. The molecule has 1 aliphatic rings. The van der Waals surface area contributed by atoms with Crippen molar-refractivity contribution in [1.82, 2.24) is 15.0 Å². The Bertz CT molecular complexity index is 739. The van der Waals surface area contributed by atoms with E-state index >= 15 is 0 Å². The van der Waals surface area contributed by atoms with Crippen LogP contribution in [-0.2, 0) is 6.54 Å². The van der Waals surface area contributed by atoms with Crippen LogP contribution in [0.25, 0.3) is 0 Å². The maximum absolute atomic E-state index is 12.5. The average Bonchev–Trinajstić information content (AvgIpc) is 3.00. The molecule has 0 radical (unpaired) electrons. The number of piperazine rings is 1. The van der Waals surface area contributed by atoms with Gasteiger partial charge in [0.25, 0.3) is 5.91 Å². The number of aryl methyl sites for hydroxylation is 1. The number of aromatic nitrogens is 1. The van der Waals surface area contributed by atoms with Crippen molar-refractivity contribution in [2.24, 2.45) is 0 Å². The molecule has 2 aromatic rings. The fraction of sp³-hybridized carbons (Fsp3) is 0.353. The fourth-order valence-corrected chi connectivity index (χ4v) is 2.73. The van der Waals surface area contributed by atoms with E-state index in [-0.39, 0.29) is 5.91 Å². The van der Waals surface area contributed by atoms with Crippen molar-refractivity contribution in [3.63, 3.8) is 0 Å². The monoisotopic (exact) mass is 310 g/mol. The molecule has 1 amide bonds. The number of nitriles is 1. The number of nitrogens with zero attached hydrogens (tertiary/aromatic N) is 4. The van der Waals surface area contributed by atoms with E-state index in [0.717, 1.165) is 31.1 Å². The fourth-order valence-electron chi connectivity index (χ4n) is 2.73. The van der Waals surface area contributed by atoms with Crippen LogP contribution in [0.5, 0.6) is 0 Å². The largest absolute Gasteiger partial charge is 0.361 e. The van der Waals surface area contributed by atoms with Gasteiger partial charge in [0.05, 0.1) is 17.3 Å². The van der Waals surface area contributed by atoms with Gasteiger partial charge in [0.2, 0.25) is 0 Å². The summed E-state index contributed by atoms with van der Waals surface area (Å²) < 4.78 is 5.08. The van der Waals surface area contributed by atoms with Gasteiger partial charge in [-0.3, -0.25) is 9.69 Å². The SMILES string of the molecule is Cc1cc(CN2CCN(C(=O)c3cccc(C#N)c3)CC2)no1. The zero-order valence-electron chi connectivity index (χ0n) is 13.0. The lowest BCUT2D eigenvalue weighted by Gasteiger charge is -2.34. The van der Waals surface area contributed by atoms with Crippen molar-refractivity contribution < 1.29 is 9.32 Å². The molecule has 0 bridgehead atoms. The van der Waals surface area contributed by atoms with Crippen molar-refractivity contribution in [2.45, 2.75) is 13.5 Å². The second-order valence-corrected chi connectivity index (χ2v) is 5.69. The molecule has 6 heteroatoms. The molecule has 118 valence electrons. The van der Waals surface area contributed by atoms with Crippen molar-refractivity contribution in [3.05, 3.63) is 52.9 Å². The Labute approximate surface area is 134 Å². The first kappa shape index (κ1) is 15.3. The Balaban J connectivity index is 1.58. The van der Waals surface area contributed by atoms with Crippen LogP contribution < -0.4 is 0 Å². The molecule has 1 fully saturated rings. The molecular weight excluding hydrogens is 292 g/mol. The summed E-state index contributed by atoms with van der Waals surface area (Å²) in [6, 6.07) is 10.9. The molecule has 1 aliphatic heterocycles. The molecule has 2 heterocycles. The number of carbonyl (C=O) groups is 1. The maximum Gasteiger partial charge on any atom is 0.253 e. The van der Waals surface area contributed by atoms with Crippen LogP contribution in [0.15, 0.2) is 34.9 Å². The first-order valence-corrected chi connectivity index (χ1v) is 7.60. The number of carbonyl (C=O) groups excluding carboxylic acids is 1. The van der Waals surface area contributed by atoms with Gasteiger partial charge in [-0.05, 0) is 25.1 Å². The van der Waals surface area contributed by atoms with E-state index in [4.69, 9.17) is 9.78 Å². The highest BCUT2D eigenvalue weighted by Crippen LogP contribution is 2.13. The smallest absolute Gasteiger partial charge is 0.253 e. The molecule has 0 N–H and O–H groups in total. The summed E-state index contributed by atoms with van der Waals surface area (Å²) in [5.41, 5.74) is 2.00. The standard InChI is InChI=1S/C17H18N4O2/c1-13-9-16(19-23-13)12-20-5-7-21(8-6-20)17(22)15-4-2-3-14(10-15)11-18/h2-4,9-10H,5-8,12H2,1H3. The first-order chi connectivity index (χ1) is 11.2. The zero-order chi connectivity index (χ0) is 16.2.